The highest BCUT2D eigenvalue weighted by molar-refractivity contribution is 7.90. The third kappa shape index (κ3) is 2.84. The number of benzene rings is 1. The van der Waals surface area contributed by atoms with Crippen LogP contribution < -0.4 is 10.2 Å². The van der Waals surface area contributed by atoms with Gasteiger partial charge in [0.25, 0.3) is 0 Å². The Morgan fingerprint density at radius 1 is 1.33 bits per heavy atom. The standard InChI is InChI=1S/C13H20N2O2S/c1-15(11-6-5-9-14-10-11)12-7-3-4-8-13(12)18(2,16)17/h3-4,7-8,11,14H,5-6,9-10H2,1-2H3. The zero-order valence-electron chi connectivity index (χ0n) is 10.9. The van der Waals surface area contributed by atoms with Crippen molar-refractivity contribution in [1.82, 2.24) is 5.32 Å². The summed E-state index contributed by atoms with van der Waals surface area (Å²) in [6.45, 7) is 1.96. The maximum Gasteiger partial charge on any atom is 0.177 e. The average Bonchev–Trinajstić information content (AvgIpc) is 2.38. The van der Waals surface area contributed by atoms with E-state index < -0.39 is 9.84 Å². The van der Waals surface area contributed by atoms with Crippen LogP contribution >= 0.6 is 0 Å². The first-order valence-corrected chi connectivity index (χ1v) is 8.12. The number of hydrogen-bond acceptors (Lipinski definition) is 4. The lowest BCUT2D eigenvalue weighted by Gasteiger charge is -2.34. The first kappa shape index (κ1) is 13.4. The molecule has 0 aromatic heterocycles. The molecule has 1 aromatic rings. The topological polar surface area (TPSA) is 49.4 Å². The van der Waals surface area contributed by atoms with Crippen molar-refractivity contribution in [3.63, 3.8) is 0 Å². The number of likely N-dealkylation sites (N-methyl/N-ethyl adjacent to an activating group) is 1. The number of nitrogens with zero attached hydrogens (tertiary/aromatic N) is 1. The van der Waals surface area contributed by atoms with Gasteiger partial charge in [0.15, 0.2) is 9.84 Å². The third-order valence-electron chi connectivity index (χ3n) is 3.46. The number of hydrogen-bond donors (Lipinski definition) is 1. The zero-order valence-corrected chi connectivity index (χ0v) is 11.7. The largest absolute Gasteiger partial charge is 0.369 e. The maximum absolute atomic E-state index is 11.8. The molecule has 1 aromatic carbocycles. The summed E-state index contributed by atoms with van der Waals surface area (Å²) in [6, 6.07) is 7.58. The van der Waals surface area contributed by atoms with Crippen LogP contribution in [0.1, 0.15) is 12.8 Å². The molecule has 2 rings (SSSR count). The zero-order chi connectivity index (χ0) is 13.2. The molecule has 1 saturated heterocycles. The van der Waals surface area contributed by atoms with Crippen LogP contribution in [0, 0.1) is 0 Å². The number of anilines is 1. The molecule has 5 heteroatoms. The van der Waals surface area contributed by atoms with E-state index >= 15 is 0 Å². The summed E-state index contributed by atoms with van der Waals surface area (Å²) in [4.78, 5) is 2.50. The highest BCUT2D eigenvalue weighted by Gasteiger charge is 2.22. The summed E-state index contributed by atoms with van der Waals surface area (Å²) in [5, 5.41) is 3.35. The van der Waals surface area contributed by atoms with Crippen molar-refractivity contribution in [2.24, 2.45) is 0 Å². The molecule has 0 radical (unpaired) electrons. The molecule has 1 heterocycles. The normalized spacial score (nSPS) is 20.7. The van der Waals surface area contributed by atoms with Crippen molar-refractivity contribution >= 4 is 15.5 Å². The van der Waals surface area contributed by atoms with Gasteiger partial charge in [-0.3, -0.25) is 0 Å². The molecule has 0 saturated carbocycles. The van der Waals surface area contributed by atoms with Gasteiger partial charge < -0.3 is 10.2 Å². The molecule has 0 amide bonds. The summed E-state index contributed by atoms with van der Waals surface area (Å²) >= 11 is 0. The number of sulfone groups is 1. The molecular weight excluding hydrogens is 248 g/mol. The molecule has 1 unspecified atom stereocenters. The van der Waals surface area contributed by atoms with E-state index in [-0.39, 0.29) is 0 Å². The van der Waals surface area contributed by atoms with Crippen molar-refractivity contribution in [3.8, 4) is 0 Å². The Morgan fingerprint density at radius 2 is 2.06 bits per heavy atom. The minimum Gasteiger partial charge on any atom is -0.369 e. The summed E-state index contributed by atoms with van der Waals surface area (Å²) in [7, 11) is -1.21. The van der Waals surface area contributed by atoms with Crippen LogP contribution in [0.4, 0.5) is 5.69 Å². The molecule has 4 nitrogen and oxygen atoms in total. The Balaban J connectivity index is 2.32. The summed E-state index contributed by atoms with van der Waals surface area (Å²) in [6.07, 6.45) is 3.50. The van der Waals surface area contributed by atoms with Gasteiger partial charge in [-0.2, -0.15) is 0 Å². The Hall–Kier alpha value is -1.07. The Morgan fingerprint density at radius 3 is 2.67 bits per heavy atom. The quantitative estimate of drug-likeness (QED) is 0.897. The molecule has 1 aliphatic heterocycles. The number of piperidine rings is 1. The smallest absolute Gasteiger partial charge is 0.177 e. The van der Waals surface area contributed by atoms with Gasteiger partial charge in [-0.1, -0.05) is 12.1 Å². The minimum absolute atomic E-state index is 0.363. The predicted molar refractivity (Wildman–Crippen MR) is 73.8 cm³/mol. The lowest BCUT2D eigenvalue weighted by Crippen LogP contribution is -2.44. The molecule has 18 heavy (non-hydrogen) atoms. The van der Waals surface area contributed by atoms with Crippen LogP contribution in [0.3, 0.4) is 0 Å². The van der Waals surface area contributed by atoms with Crippen molar-refractivity contribution in [2.45, 2.75) is 23.8 Å². The number of nitrogens with one attached hydrogen (secondary N) is 1. The molecule has 1 N–H and O–H groups in total. The Kier molecular flexibility index (Phi) is 3.92. The van der Waals surface area contributed by atoms with Crippen LogP contribution in [0.25, 0.3) is 0 Å². The predicted octanol–water partition coefficient (Wildman–Crippen LogP) is 1.28. The molecule has 100 valence electrons. The van der Waals surface area contributed by atoms with E-state index in [0.717, 1.165) is 31.6 Å². The van der Waals surface area contributed by atoms with Crippen molar-refractivity contribution in [3.05, 3.63) is 24.3 Å². The molecule has 0 spiro atoms. The average molecular weight is 268 g/mol. The van der Waals surface area contributed by atoms with Crippen molar-refractivity contribution < 1.29 is 8.42 Å². The molecule has 1 atom stereocenters. The molecule has 1 aliphatic rings. The lowest BCUT2D eigenvalue weighted by atomic mass is 10.1. The van der Waals surface area contributed by atoms with Crippen molar-refractivity contribution in [2.75, 3.05) is 31.3 Å². The van der Waals surface area contributed by atoms with Gasteiger partial charge in [-0.25, -0.2) is 8.42 Å². The fourth-order valence-electron chi connectivity index (χ4n) is 2.42. The van der Waals surface area contributed by atoms with E-state index in [0.29, 0.717) is 10.9 Å². The van der Waals surface area contributed by atoms with E-state index in [4.69, 9.17) is 0 Å². The van der Waals surface area contributed by atoms with Crippen molar-refractivity contribution in [1.29, 1.82) is 0 Å². The molecule has 0 aliphatic carbocycles. The fourth-order valence-corrected chi connectivity index (χ4v) is 3.34. The molecule has 0 bridgehead atoms. The highest BCUT2D eigenvalue weighted by Crippen LogP contribution is 2.26. The van der Waals surface area contributed by atoms with E-state index in [9.17, 15) is 8.42 Å². The Labute approximate surface area is 109 Å². The lowest BCUT2D eigenvalue weighted by molar-refractivity contribution is 0.444. The molecular formula is C13H20N2O2S. The van der Waals surface area contributed by atoms with Crippen LogP contribution in [0.5, 0.6) is 0 Å². The second-order valence-corrected chi connectivity index (χ2v) is 6.84. The first-order chi connectivity index (χ1) is 8.50. The van der Waals surface area contributed by atoms with Gasteiger partial charge >= 0.3 is 0 Å². The number of rotatable bonds is 3. The summed E-state index contributed by atoms with van der Waals surface area (Å²) in [5.41, 5.74) is 0.800. The molecule has 1 fully saturated rings. The van der Waals surface area contributed by atoms with Crippen LogP contribution in [0.15, 0.2) is 29.2 Å². The van der Waals surface area contributed by atoms with Gasteiger partial charge in [0.05, 0.1) is 10.6 Å². The van der Waals surface area contributed by atoms with E-state index in [1.807, 2.05) is 19.2 Å². The number of para-hydroxylation sites is 1. The van der Waals surface area contributed by atoms with Gasteiger partial charge in [0.1, 0.15) is 0 Å². The van der Waals surface area contributed by atoms with E-state index in [1.54, 1.807) is 12.1 Å². The SMILES string of the molecule is CN(c1ccccc1S(C)(=O)=O)C1CCCNC1. The van der Waals surface area contributed by atoms with E-state index in [2.05, 4.69) is 10.2 Å². The first-order valence-electron chi connectivity index (χ1n) is 6.23. The second-order valence-electron chi connectivity index (χ2n) is 4.85. The fraction of sp³-hybridized carbons (Fsp3) is 0.538. The minimum atomic E-state index is -3.18. The van der Waals surface area contributed by atoms with Gasteiger partial charge in [0, 0.05) is 25.9 Å². The van der Waals surface area contributed by atoms with Gasteiger partial charge in [0.2, 0.25) is 0 Å². The van der Waals surface area contributed by atoms with Crippen LogP contribution in [0.2, 0.25) is 0 Å². The summed E-state index contributed by atoms with van der Waals surface area (Å²) in [5.74, 6) is 0. The van der Waals surface area contributed by atoms with E-state index in [1.165, 1.54) is 6.26 Å². The summed E-state index contributed by atoms with van der Waals surface area (Å²) < 4.78 is 23.6. The van der Waals surface area contributed by atoms with Gasteiger partial charge in [-0.05, 0) is 31.5 Å². The van der Waals surface area contributed by atoms with Crippen LogP contribution in [-0.4, -0.2) is 40.9 Å². The highest BCUT2D eigenvalue weighted by atomic mass is 32.2. The second kappa shape index (κ2) is 5.28. The maximum atomic E-state index is 11.8. The van der Waals surface area contributed by atoms with Gasteiger partial charge in [-0.15, -0.1) is 0 Å². The Bertz CT molecular complexity index is 507. The van der Waals surface area contributed by atoms with Crippen LogP contribution in [-0.2, 0) is 9.84 Å². The monoisotopic (exact) mass is 268 g/mol. The third-order valence-corrected chi connectivity index (χ3v) is 4.61.